The molecule has 4 nitrogen and oxygen atoms in total. The lowest BCUT2D eigenvalue weighted by Crippen LogP contribution is -2.34. The first-order valence-electron chi connectivity index (χ1n) is 5.14. The molecule has 1 saturated heterocycles. The van der Waals surface area contributed by atoms with Crippen molar-refractivity contribution in [3.63, 3.8) is 0 Å². The molecule has 1 aliphatic rings. The number of hydrogen-bond acceptors (Lipinski definition) is 4. The quantitative estimate of drug-likeness (QED) is 0.753. The Morgan fingerprint density at radius 3 is 3.20 bits per heavy atom. The minimum absolute atomic E-state index is 0.546. The summed E-state index contributed by atoms with van der Waals surface area (Å²) < 4.78 is 5.21. The fourth-order valence-electron chi connectivity index (χ4n) is 1.93. The van der Waals surface area contributed by atoms with Crippen molar-refractivity contribution in [2.24, 2.45) is 0 Å². The summed E-state index contributed by atoms with van der Waals surface area (Å²) in [5.74, 6) is 0.748. The van der Waals surface area contributed by atoms with Crippen LogP contribution in [0.25, 0.3) is 0 Å². The third kappa shape index (κ3) is 2.27. The molecule has 2 heterocycles. The Balaban J connectivity index is 2.16. The molecule has 1 aromatic rings. The van der Waals surface area contributed by atoms with E-state index in [1.54, 1.807) is 13.3 Å². The van der Waals surface area contributed by atoms with Crippen LogP contribution in [0, 0.1) is 0 Å². The van der Waals surface area contributed by atoms with Crippen molar-refractivity contribution in [1.29, 1.82) is 0 Å². The normalized spacial score (nSPS) is 25.5. The second kappa shape index (κ2) is 4.16. The predicted octanol–water partition coefficient (Wildman–Crippen LogP) is 0.357. The van der Waals surface area contributed by atoms with E-state index in [4.69, 9.17) is 4.74 Å². The minimum atomic E-state index is -0.665. The van der Waals surface area contributed by atoms with Crippen LogP contribution in [0.2, 0.25) is 0 Å². The van der Waals surface area contributed by atoms with Gasteiger partial charge in [0.05, 0.1) is 18.4 Å². The van der Waals surface area contributed by atoms with Crippen LogP contribution in [0.3, 0.4) is 0 Å². The van der Waals surface area contributed by atoms with Crippen molar-refractivity contribution in [3.05, 3.63) is 24.0 Å². The molecular weight excluding hydrogens is 192 g/mol. The van der Waals surface area contributed by atoms with E-state index >= 15 is 0 Å². The Labute approximate surface area is 89.3 Å². The molecule has 1 aromatic heterocycles. The summed E-state index contributed by atoms with van der Waals surface area (Å²) in [6.07, 6.45) is 3.04. The van der Waals surface area contributed by atoms with E-state index < -0.39 is 5.60 Å². The zero-order valence-electron chi connectivity index (χ0n) is 8.86. The lowest BCUT2D eigenvalue weighted by atomic mass is 9.96. The van der Waals surface area contributed by atoms with Gasteiger partial charge in [0, 0.05) is 19.2 Å². The van der Waals surface area contributed by atoms with E-state index in [0.29, 0.717) is 13.0 Å². The number of aromatic nitrogens is 1. The average Bonchev–Trinajstić information content (AvgIpc) is 2.66. The van der Waals surface area contributed by atoms with Gasteiger partial charge >= 0.3 is 0 Å². The molecule has 15 heavy (non-hydrogen) atoms. The molecule has 0 bridgehead atoms. The maximum atomic E-state index is 10.2. The molecule has 1 unspecified atom stereocenters. The average molecular weight is 208 g/mol. The van der Waals surface area contributed by atoms with Crippen LogP contribution < -0.4 is 10.1 Å². The van der Waals surface area contributed by atoms with Crippen molar-refractivity contribution >= 4 is 0 Å². The van der Waals surface area contributed by atoms with Gasteiger partial charge in [0.15, 0.2) is 0 Å². The smallest absolute Gasteiger partial charge is 0.140 e. The van der Waals surface area contributed by atoms with E-state index in [1.165, 1.54) is 0 Å². The highest BCUT2D eigenvalue weighted by Crippen LogP contribution is 2.24. The lowest BCUT2D eigenvalue weighted by molar-refractivity contribution is 0.0602. The maximum Gasteiger partial charge on any atom is 0.140 e. The van der Waals surface area contributed by atoms with Gasteiger partial charge in [-0.3, -0.25) is 4.98 Å². The summed E-state index contributed by atoms with van der Waals surface area (Å²) in [5.41, 5.74) is 0.160. The number of nitrogens with zero attached hydrogens (tertiary/aromatic N) is 1. The van der Waals surface area contributed by atoms with Crippen LogP contribution in [0.5, 0.6) is 5.75 Å². The van der Waals surface area contributed by atoms with E-state index in [9.17, 15) is 5.11 Å². The van der Waals surface area contributed by atoms with Gasteiger partial charge in [0.2, 0.25) is 0 Å². The van der Waals surface area contributed by atoms with E-state index in [1.807, 2.05) is 12.1 Å². The van der Waals surface area contributed by atoms with Gasteiger partial charge in [-0.15, -0.1) is 0 Å². The highest BCUT2D eigenvalue weighted by molar-refractivity contribution is 5.28. The predicted molar refractivity (Wildman–Crippen MR) is 56.9 cm³/mol. The molecule has 0 spiro atoms. The Morgan fingerprint density at radius 2 is 2.53 bits per heavy atom. The summed E-state index contributed by atoms with van der Waals surface area (Å²) in [4.78, 5) is 4.25. The first-order chi connectivity index (χ1) is 7.23. The second-order valence-electron chi connectivity index (χ2n) is 3.98. The lowest BCUT2D eigenvalue weighted by Gasteiger charge is -2.21. The Morgan fingerprint density at radius 1 is 1.67 bits per heavy atom. The molecule has 0 radical (unpaired) electrons. The topological polar surface area (TPSA) is 54.4 Å². The molecule has 82 valence electrons. The summed E-state index contributed by atoms with van der Waals surface area (Å²) >= 11 is 0. The first kappa shape index (κ1) is 10.4. The van der Waals surface area contributed by atoms with Crippen molar-refractivity contribution < 1.29 is 9.84 Å². The van der Waals surface area contributed by atoms with Crippen LogP contribution in [0.1, 0.15) is 12.1 Å². The highest BCUT2D eigenvalue weighted by Gasteiger charge is 2.32. The fourth-order valence-corrected chi connectivity index (χ4v) is 1.93. The number of rotatable bonds is 3. The van der Waals surface area contributed by atoms with Gasteiger partial charge in [0.25, 0.3) is 0 Å². The molecular formula is C11H16N2O2. The molecule has 0 aromatic carbocycles. The van der Waals surface area contributed by atoms with Crippen LogP contribution in [-0.2, 0) is 6.42 Å². The molecule has 1 atom stereocenters. The molecule has 1 fully saturated rings. The number of hydrogen-bond donors (Lipinski definition) is 2. The fraction of sp³-hybridized carbons (Fsp3) is 0.545. The first-order valence-corrected chi connectivity index (χ1v) is 5.14. The van der Waals surface area contributed by atoms with E-state index in [-0.39, 0.29) is 0 Å². The molecule has 0 saturated carbocycles. The largest absolute Gasteiger partial charge is 0.495 e. The van der Waals surface area contributed by atoms with E-state index in [0.717, 1.165) is 24.4 Å². The standard InChI is InChI=1S/C11H16N2O2/c1-15-10-3-2-5-13-9(10)7-11(14)4-6-12-8-11/h2-3,5,12,14H,4,6-8H2,1H3. The van der Waals surface area contributed by atoms with Crippen molar-refractivity contribution in [2.75, 3.05) is 20.2 Å². The van der Waals surface area contributed by atoms with Crippen LogP contribution >= 0.6 is 0 Å². The molecule has 4 heteroatoms. The monoisotopic (exact) mass is 208 g/mol. The Bertz CT molecular complexity index is 335. The number of pyridine rings is 1. The number of methoxy groups -OCH3 is 1. The van der Waals surface area contributed by atoms with Gasteiger partial charge in [-0.25, -0.2) is 0 Å². The van der Waals surface area contributed by atoms with E-state index in [2.05, 4.69) is 10.3 Å². The van der Waals surface area contributed by atoms with Crippen molar-refractivity contribution in [2.45, 2.75) is 18.4 Å². The molecule has 0 amide bonds. The molecule has 2 rings (SSSR count). The zero-order valence-corrected chi connectivity index (χ0v) is 8.86. The zero-order chi connectivity index (χ0) is 10.7. The third-order valence-electron chi connectivity index (χ3n) is 2.79. The summed E-state index contributed by atoms with van der Waals surface area (Å²) in [6, 6.07) is 3.70. The van der Waals surface area contributed by atoms with Crippen LogP contribution in [-0.4, -0.2) is 35.9 Å². The van der Waals surface area contributed by atoms with Crippen LogP contribution in [0.4, 0.5) is 0 Å². The summed E-state index contributed by atoms with van der Waals surface area (Å²) in [6.45, 7) is 1.50. The summed E-state index contributed by atoms with van der Waals surface area (Å²) in [7, 11) is 1.62. The number of ether oxygens (including phenoxy) is 1. The SMILES string of the molecule is COc1cccnc1CC1(O)CCNC1. The van der Waals surface area contributed by atoms with Crippen molar-refractivity contribution in [1.82, 2.24) is 10.3 Å². The highest BCUT2D eigenvalue weighted by atomic mass is 16.5. The molecule has 2 N–H and O–H groups in total. The Kier molecular flexibility index (Phi) is 2.88. The Hall–Kier alpha value is -1.13. The molecule has 0 aliphatic carbocycles. The second-order valence-corrected chi connectivity index (χ2v) is 3.98. The summed E-state index contributed by atoms with van der Waals surface area (Å²) in [5, 5.41) is 13.4. The van der Waals surface area contributed by atoms with Gasteiger partial charge < -0.3 is 15.2 Å². The maximum absolute atomic E-state index is 10.2. The van der Waals surface area contributed by atoms with Gasteiger partial charge in [-0.05, 0) is 25.1 Å². The van der Waals surface area contributed by atoms with Crippen LogP contribution in [0.15, 0.2) is 18.3 Å². The van der Waals surface area contributed by atoms with Gasteiger partial charge in [-0.1, -0.05) is 0 Å². The third-order valence-corrected chi connectivity index (χ3v) is 2.79. The number of β-amino-alcohol motifs (C(OH)–C–C–N with tert-alkyl or cyclic N) is 1. The minimum Gasteiger partial charge on any atom is -0.495 e. The molecule has 1 aliphatic heterocycles. The van der Waals surface area contributed by atoms with Gasteiger partial charge in [0.1, 0.15) is 5.75 Å². The number of nitrogens with one attached hydrogen (secondary N) is 1. The van der Waals surface area contributed by atoms with Crippen molar-refractivity contribution in [3.8, 4) is 5.75 Å². The number of aliphatic hydroxyl groups is 1. The van der Waals surface area contributed by atoms with Gasteiger partial charge in [-0.2, -0.15) is 0 Å².